The molecule has 2 aromatic rings. The molecule has 1 nitrogen and oxygen atoms in total. The second-order valence-corrected chi connectivity index (χ2v) is 6.59. The average molecular weight is 263 g/mol. The zero-order valence-electron chi connectivity index (χ0n) is 8.62. The van der Waals surface area contributed by atoms with E-state index in [9.17, 15) is 4.79 Å². The van der Waals surface area contributed by atoms with Crippen LogP contribution in [0.2, 0.25) is 0 Å². The topological polar surface area (TPSA) is 17.1 Å². The Labute approximate surface area is 94.9 Å². The molecule has 3 rings (SSSR count). The fourth-order valence-electron chi connectivity index (χ4n) is 2.27. The Morgan fingerprint density at radius 3 is 3.00 bits per heavy atom. The van der Waals surface area contributed by atoms with Crippen molar-refractivity contribution in [2.75, 3.05) is 0 Å². The molecule has 0 spiro atoms. The van der Waals surface area contributed by atoms with Gasteiger partial charge in [-0.05, 0) is 0 Å². The third-order valence-electron chi connectivity index (χ3n) is 3.17. The first kappa shape index (κ1) is 9.38. The monoisotopic (exact) mass is 264 g/mol. The van der Waals surface area contributed by atoms with Crippen LogP contribution in [0.15, 0.2) is 24.3 Å². The number of fused-ring (bicyclic) bond motifs is 3. The Hall–Kier alpha value is -0.851. The first-order valence-electron chi connectivity index (χ1n) is 5.32. The van der Waals surface area contributed by atoms with Crippen molar-refractivity contribution < 1.29 is 4.79 Å². The van der Waals surface area contributed by atoms with Gasteiger partial charge >= 0.3 is 94.7 Å². The molecular weight excluding hydrogens is 251 g/mol. The van der Waals surface area contributed by atoms with E-state index >= 15 is 0 Å². The predicted molar refractivity (Wildman–Crippen MR) is 62.7 cm³/mol. The molecule has 1 unspecified atom stereocenters. The molecule has 76 valence electrons. The molecule has 0 saturated carbocycles. The van der Waals surface area contributed by atoms with Crippen LogP contribution in [-0.4, -0.2) is 20.3 Å². The molecule has 0 amide bonds. The molecule has 0 N–H and O–H groups in total. The van der Waals surface area contributed by atoms with Crippen LogP contribution in [0.25, 0.3) is 9.65 Å². The second kappa shape index (κ2) is 3.33. The zero-order valence-corrected chi connectivity index (χ0v) is 10.3. The third-order valence-corrected chi connectivity index (χ3v) is 5.75. The summed E-state index contributed by atoms with van der Waals surface area (Å²) in [6.45, 7) is 2.06. The summed E-state index contributed by atoms with van der Waals surface area (Å²) < 4.78 is 2.84. The van der Waals surface area contributed by atoms with Crippen molar-refractivity contribution in [1.29, 1.82) is 0 Å². The number of hydrogen-bond donors (Lipinski definition) is 0. The molecule has 1 aliphatic rings. The van der Waals surface area contributed by atoms with Crippen molar-refractivity contribution in [3.05, 3.63) is 34.3 Å². The number of Topliss-reactive ketones (excluding diaryl/α,β-unsaturated/α-hetero) is 1. The molecular formula is C13H12OSe. The van der Waals surface area contributed by atoms with Crippen LogP contribution in [0, 0.1) is 5.92 Å². The van der Waals surface area contributed by atoms with E-state index in [1.54, 1.807) is 0 Å². The number of carbonyl (C=O) groups is 1. The molecule has 0 bridgehead atoms. The van der Waals surface area contributed by atoms with E-state index in [2.05, 4.69) is 25.1 Å². The van der Waals surface area contributed by atoms with Gasteiger partial charge in [0.05, 0.1) is 0 Å². The molecule has 1 heterocycles. The molecule has 1 aliphatic carbocycles. The Kier molecular flexibility index (Phi) is 2.08. The van der Waals surface area contributed by atoms with Crippen LogP contribution in [0.1, 0.15) is 28.1 Å². The van der Waals surface area contributed by atoms with Crippen LogP contribution < -0.4 is 0 Å². The van der Waals surface area contributed by atoms with Gasteiger partial charge in [-0.2, -0.15) is 0 Å². The number of rotatable bonds is 0. The normalized spacial score (nSPS) is 20.6. The molecule has 0 fully saturated rings. The molecule has 0 saturated heterocycles. The van der Waals surface area contributed by atoms with Gasteiger partial charge in [0.1, 0.15) is 0 Å². The van der Waals surface area contributed by atoms with Gasteiger partial charge in [0.15, 0.2) is 0 Å². The Morgan fingerprint density at radius 2 is 2.13 bits per heavy atom. The van der Waals surface area contributed by atoms with Crippen LogP contribution in [-0.2, 0) is 6.42 Å². The van der Waals surface area contributed by atoms with Crippen molar-refractivity contribution in [3.8, 4) is 0 Å². The first-order chi connectivity index (χ1) is 7.27. The van der Waals surface area contributed by atoms with Crippen molar-refractivity contribution in [1.82, 2.24) is 0 Å². The molecule has 1 aromatic heterocycles. The average Bonchev–Trinajstić information content (AvgIpc) is 2.62. The number of aryl methyl sites for hydroxylation is 1. The van der Waals surface area contributed by atoms with Crippen molar-refractivity contribution in [3.63, 3.8) is 0 Å². The Bertz CT molecular complexity index is 538. The van der Waals surface area contributed by atoms with Gasteiger partial charge < -0.3 is 0 Å². The minimum absolute atomic E-state index is 0.228. The van der Waals surface area contributed by atoms with Gasteiger partial charge in [0.25, 0.3) is 0 Å². The van der Waals surface area contributed by atoms with E-state index in [1.165, 1.54) is 14.1 Å². The Balaban J connectivity index is 2.34. The fraction of sp³-hybridized carbons (Fsp3) is 0.308. The minimum atomic E-state index is 0.228. The zero-order chi connectivity index (χ0) is 10.4. The summed E-state index contributed by atoms with van der Waals surface area (Å²) in [5.74, 6) is 0.605. The van der Waals surface area contributed by atoms with E-state index in [4.69, 9.17) is 0 Å². The van der Waals surface area contributed by atoms with Crippen LogP contribution in [0.4, 0.5) is 0 Å². The van der Waals surface area contributed by atoms with E-state index in [0.29, 0.717) is 20.3 Å². The molecule has 2 heteroatoms. The molecule has 1 atom stereocenters. The molecule has 0 aliphatic heterocycles. The van der Waals surface area contributed by atoms with Crippen molar-refractivity contribution in [2.24, 2.45) is 5.92 Å². The second-order valence-electron chi connectivity index (χ2n) is 4.20. The van der Waals surface area contributed by atoms with Gasteiger partial charge in [0.2, 0.25) is 0 Å². The van der Waals surface area contributed by atoms with Gasteiger partial charge in [-0.15, -0.1) is 0 Å². The molecule has 1 aromatic carbocycles. The first-order valence-corrected chi connectivity index (χ1v) is 7.03. The maximum absolute atomic E-state index is 12.1. The maximum atomic E-state index is 12.1. The third kappa shape index (κ3) is 1.32. The summed E-state index contributed by atoms with van der Waals surface area (Å²) >= 11 is 0.418. The van der Waals surface area contributed by atoms with Crippen LogP contribution >= 0.6 is 0 Å². The van der Waals surface area contributed by atoms with E-state index in [0.717, 1.165) is 18.4 Å². The van der Waals surface area contributed by atoms with Gasteiger partial charge in [-0.1, -0.05) is 0 Å². The summed E-state index contributed by atoms with van der Waals surface area (Å²) in [6.07, 6.45) is 2.18. The standard InChI is InChI=1S/C13H12OSe/c1-8-6-7-11-12(13(8)14)9-4-2-3-5-10(9)15-11/h2-5,8H,6-7H2,1H3. The number of hydrogen-bond acceptors (Lipinski definition) is 1. The molecule has 0 radical (unpaired) electrons. The molecule has 15 heavy (non-hydrogen) atoms. The Morgan fingerprint density at radius 1 is 1.33 bits per heavy atom. The van der Waals surface area contributed by atoms with Crippen molar-refractivity contribution in [2.45, 2.75) is 19.8 Å². The van der Waals surface area contributed by atoms with Gasteiger partial charge in [-0.3, -0.25) is 0 Å². The van der Waals surface area contributed by atoms with E-state index in [1.807, 2.05) is 6.07 Å². The number of carbonyl (C=O) groups excluding carboxylic acids is 1. The van der Waals surface area contributed by atoms with E-state index < -0.39 is 0 Å². The number of benzene rings is 1. The van der Waals surface area contributed by atoms with Crippen LogP contribution in [0.5, 0.6) is 0 Å². The quantitative estimate of drug-likeness (QED) is 0.668. The predicted octanol–water partition coefficient (Wildman–Crippen LogP) is 2.66. The SMILES string of the molecule is CC1CCc2[se]c3ccccc3c2C1=O. The summed E-state index contributed by atoms with van der Waals surface area (Å²) in [7, 11) is 0. The summed E-state index contributed by atoms with van der Waals surface area (Å²) in [6, 6.07) is 8.39. The van der Waals surface area contributed by atoms with E-state index in [-0.39, 0.29) is 5.92 Å². The van der Waals surface area contributed by atoms with Crippen molar-refractivity contribution >= 4 is 29.9 Å². The summed E-state index contributed by atoms with van der Waals surface area (Å²) in [5.41, 5.74) is 1.07. The fourth-order valence-corrected chi connectivity index (χ4v) is 4.84. The summed E-state index contributed by atoms with van der Waals surface area (Å²) in [5, 5.41) is 1.23. The van der Waals surface area contributed by atoms with Gasteiger partial charge in [-0.25, -0.2) is 0 Å². The summed E-state index contributed by atoms with van der Waals surface area (Å²) in [4.78, 5) is 12.1. The number of ketones is 1. The van der Waals surface area contributed by atoms with Crippen LogP contribution in [0.3, 0.4) is 0 Å². The van der Waals surface area contributed by atoms with Gasteiger partial charge in [0, 0.05) is 0 Å².